The molecule has 0 aromatic heterocycles. The third kappa shape index (κ3) is 3.38. The van der Waals surface area contributed by atoms with Crippen LogP contribution in [0.3, 0.4) is 0 Å². The summed E-state index contributed by atoms with van der Waals surface area (Å²) in [6.07, 6.45) is 1.35. The first-order valence-corrected chi connectivity index (χ1v) is 6.52. The van der Waals surface area contributed by atoms with Crippen LogP contribution < -0.4 is 10.5 Å². The first-order valence-electron chi connectivity index (χ1n) is 6.52. The quantitative estimate of drug-likeness (QED) is 0.666. The van der Waals surface area contributed by atoms with Crippen LogP contribution in [0.25, 0.3) is 0 Å². The lowest BCUT2D eigenvalue weighted by atomic mass is 10.1. The van der Waals surface area contributed by atoms with Gasteiger partial charge in [-0.05, 0) is 19.1 Å². The van der Waals surface area contributed by atoms with E-state index in [0.29, 0.717) is 36.8 Å². The summed E-state index contributed by atoms with van der Waals surface area (Å²) in [5.41, 5.74) is 6.55. The van der Waals surface area contributed by atoms with Gasteiger partial charge in [0.1, 0.15) is 17.4 Å². The first-order chi connectivity index (χ1) is 9.22. The molecule has 0 radical (unpaired) electrons. The molecule has 0 unspecified atom stereocenters. The van der Waals surface area contributed by atoms with E-state index in [-0.39, 0.29) is 6.10 Å². The molecule has 0 bridgehead atoms. The van der Waals surface area contributed by atoms with Crippen LogP contribution in [0.15, 0.2) is 18.2 Å². The van der Waals surface area contributed by atoms with Crippen LogP contribution in [0.5, 0.6) is 5.75 Å². The summed E-state index contributed by atoms with van der Waals surface area (Å²) in [5, 5.41) is 0. The van der Waals surface area contributed by atoms with Gasteiger partial charge in [0, 0.05) is 18.5 Å². The molecular formula is C14H19NO4. The summed E-state index contributed by atoms with van der Waals surface area (Å²) in [5.74, 6) is 0.0491. The van der Waals surface area contributed by atoms with Gasteiger partial charge in [-0.2, -0.15) is 0 Å². The normalized spacial score (nSPS) is 16.1. The highest BCUT2D eigenvalue weighted by molar-refractivity contribution is 5.98. The van der Waals surface area contributed by atoms with Gasteiger partial charge in [-0.3, -0.25) is 0 Å². The van der Waals surface area contributed by atoms with Crippen LogP contribution in [0.4, 0.5) is 5.69 Å². The van der Waals surface area contributed by atoms with Crippen molar-refractivity contribution in [3.63, 3.8) is 0 Å². The Labute approximate surface area is 112 Å². The van der Waals surface area contributed by atoms with Crippen molar-refractivity contribution < 1.29 is 19.0 Å². The summed E-state index contributed by atoms with van der Waals surface area (Å²) >= 11 is 0. The molecule has 0 spiro atoms. The SMILES string of the molecule is CCOc1cccc(N)c1C(=O)OC1CCOCC1. The van der Waals surface area contributed by atoms with Crippen molar-refractivity contribution in [2.45, 2.75) is 25.9 Å². The van der Waals surface area contributed by atoms with E-state index in [1.807, 2.05) is 6.92 Å². The van der Waals surface area contributed by atoms with Gasteiger partial charge in [0.2, 0.25) is 0 Å². The lowest BCUT2D eigenvalue weighted by Crippen LogP contribution is -2.26. The van der Waals surface area contributed by atoms with Crippen molar-refractivity contribution >= 4 is 11.7 Å². The fourth-order valence-corrected chi connectivity index (χ4v) is 2.05. The van der Waals surface area contributed by atoms with E-state index in [4.69, 9.17) is 19.9 Å². The molecule has 0 atom stereocenters. The van der Waals surface area contributed by atoms with Crippen LogP contribution in [-0.4, -0.2) is 31.9 Å². The molecule has 0 saturated carbocycles. The Hall–Kier alpha value is -1.75. The number of anilines is 1. The number of ether oxygens (including phenoxy) is 3. The molecule has 1 aliphatic heterocycles. The highest BCUT2D eigenvalue weighted by atomic mass is 16.6. The average Bonchev–Trinajstić information content (AvgIpc) is 2.40. The molecule has 1 saturated heterocycles. The summed E-state index contributed by atoms with van der Waals surface area (Å²) < 4.78 is 16.1. The summed E-state index contributed by atoms with van der Waals surface area (Å²) in [7, 11) is 0. The van der Waals surface area contributed by atoms with Crippen molar-refractivity contribution in [3.05, 3.63) is 23.8 Å². The summed E-state index contributed by atoms with van der Waals surface area (Å²) in [6.45, 7) is 3.58. The van der Waals surface area contributed by atoms with E-state index in [2.05, 4.69) is 0 Å². The number of nitrogen functional groups attached to an aromatic ring is 1. The number of carbonyl (C=O) groups excluding carboxylic acids is 1. The van der Waals surface area contributed by atoms with Crippen LogP contribution >= 0.6 is 0 Å². The van der Waals surface area contributed by atoms with Gasteiger partial charge in [0.25, 0.3) is 0 Å². The second-order valence-electron chi connectivity index (χ2n) is 4.37. The van der Waals surface area contributed by atoms with Gasteiger partial charge in [-0.15, -0.1) is 0 Å². The number of rotatable bonds is 4. The van der Waals surface area contributed by atoms with Crippen LogP contribution in [-0.2, 0) is 9.47 Å². The van der Waals surface area contributed by atoms with E-state index in [1.54, 1.807) is 18.2 Å². The monoisotopic (exact) mass is 265 g/mol. The molecule has 2 N–H and O–H groups in total. The minimum atomic E-state index is -0.423. The fraction of sp³-hybridized carbons (Fsp3) is 0.500. The maximum absolute atomic E-state index is 12.2. The van der Waals surface area contributed by atoms with Crippen molar-refractivity contribution in [2.24, 2.45) is 0 Å². The summed E-state index contributed by atoms with van der Waals surface area (Å²) in [4.78, 5) is 12.2. The van der Waals surface area contributed by atoms with E-state index < -0.39 is 5.97 Å². The molecule has 1 aromatic carbocycles. The number of hydrogen-bond donors (Lipinski definition) is 1. The molecule has 5 nitrogen and oxygen atoms in total. The molecule has 1 heterocycles. The number of carbonyl (C=O) groups is 1. The predicted molar refractivity (Wildman–Crippen MR) is 71.3 cm³/mol. The highest BCUT2D eigenvalue weighted by Gasteiger charge is 2.23. The highest BCUT2D eigenvalue weighted by Crippen LogP contribution is 2.26. The zero-order valence-electron chi connectivity index (χ0n) is 11.1. The Kier molecular flexibility index (Phi) is 4.63. The lowest BCUT2D eigenvalue weighted by molar-refractivity contribution is -0.0160. The van der Waals surface area contributed by atoms with E-state index in [9.17, 15) is 4.79 Å². The Morgan fingerprint density at radius 2 is 2.16 bits per heavy atom. The number of nitrogens with two attached hydrogens (primary N) is 1. The molecular weight excluding hydrogens is 246 g/mol. The molecule has 0 aliphatic carbocycles. The first kappa shape index (κ1) is 13.7. The smallest absolute Gasteiger partial charge is 0.344 e. The second-order valence-corrected chi connectivity index (χ2v) is 4.37. The van der Waals surface area contributed by atoms with Gasteiger partial charge < -0.3 is 19.9 Å². The van der Waals surface area contributed by atoms with Gasteiger partial charge >= 0.3 is 5.97 Å². The molecule has 0 amide bonds. The van der Waals surface area contributed by atoms with Gasteiger partial charge in [0.05, 0.1) is 19.8 Å². The van der Waals surface area contributed by atoms with E-state index in [1.165, 1.54) is 0 Å². The lowest BCUT2D eigenvalue weighted by Gasteiger charge is -2.23. The van der Waals surface area contributed by atoms with Crippen LogP contribution in [0, 0.1) is 0 Å². The topological polar surface area (TPSA) is 70.8 Å². The van der Waals surface area contributed by atoms with Gasteiger partial charge in [-0.1, -0.05) is 6.07 Å². The van der Waals surface area contributed by atoms with Crippen LogP contribution in [0.1, 0.15) is 30.1 Å². The molecule has 2 rings (SSSR count). The van der Waals surface area contributed by atoms with E-state index in [0.717, 1.165) is 12.8 Å². The molecule has 19 heavy (non-hydrogen) atoms. The van der Waals surface area contributed by atoms with Crippen LogP contribution in [0.2, 0.25) is 0 Å². The Balaban J connectivity index is 2.13. The number of benzene rings is 1. The van der Waals surface area contributed by atoms with Gasteiger partial charge in [0.15, 0.2) is 0 Å². The zero-order chi connectivity index (χ0) is 13.7. The molecule has 5 heteroatoms. The standard InChI is InChI=1S/C14H19NO4/c1-2-18-12-5-3-4-11(15)13(12)14(16)19-10-6-8-17-9-7-10/h3-5,10H,2,6-9,15H2,1H3. The van der Waals surface area contributed by atoms with Crippen molar-refractivity contribution in [1.29, 1.82) is 0 Å². The Morgan fingerprint density at radius 1 is 1.42 bits per heavy atom. The molecule has 1 aromatic rings. The van der Waals surface area contributed by atoms with Crippen molar-refractivity contribution in [2.75, 3.05) is 25.6 Å². The largest absolute Gasteiger partial charge is 0.493 e. The predicted octanol–water partition coefficient (Wildman–Crippen LogP) is 2.00. The van der Waals surface area contributed by atoms with E-state index >= 15 is 0 Å². The average molecular weight is 265 g/mol. The zero-order valence-corrected chi connectivity index (χ0v) is 11.1. The second kappa shape index (κ2) is 6.43. The minimum absolute atomic E-state index is 0.102. The maximum Gasteiger partial charge on any atom is 0.344 e. The Bertz CT molecular complexity index is 441. The fourth-order valence-electron chi connectivity index (χ4n) is 2.05. The molecule has 104 valence electrons. The van der Waals surface area contributed by atoms with Gasteiger partial charge in [-0.25, -0.2) is 4.79 Å². The molecule has 1 aliphatic rings. The minimum Gasteiger partial charge on any atom is -0.493 e. The number of esters is 1. The van der Waals surface area contributed by atoms with Crippen molar-refractivity contribution in [1.82, 2.24) is 0 Å². The maximum atomic E-state index is 12.2. The third-order valence-corrected chi connectivity index (χ3v) is 3.00. The number of hydrogen-bond acceptors (Lipinski definition) is 5. The third-order valence-electron chi connectivity index (χ3n) is 3.00. The Morgan fingerprint density at radius 3 is 2.84 bits per heavy atom. The van der Waals surface area contributed by atoms with Crippen molar-refractivity contribution in [3.8, 4) is 5.75 Å². The molecule has 1 fully saturated rings. The summed E-state index contributed by atoms with van der Waals surface area (Å²) in [6, 6.07) is 5.15.